The molecular weight excluding hydrogens is 242 g/mol. The highest BCUT2D eigenvalue weighted by Crippen LogP contribution is 2.37. The van der Waals surface area contributed by atoms with Gasteiger partial charge in [0.1, 0.15) is 13.2 Å². The molecule has 1 aromatic carbocycles. The summed E-state index contributed by atoms with van der Waals surface area (Å²) in [5.41, 5.74) is 7.02. The molecule has 1 aliphatic heterocycles. The second-order valence-corrected chi connectivity index (χ2v) is 3.84. The Morgan fingerprint density at radius 3 is 2.82 bits per heavy atom. The van der Waals surface area contributed by atoms with Crippen LogP contribution in [-0.2, 0) is 0 Å². The number of halogens is 1. The van der Waals surface area contributed by atoms with Crippen LogP contribution in [0.5, 0.6) is 11.5 Å². The first-order valence-corrected chi connectivity index (χ1v) is 5.58. The van der Waals surface area contributed by atoms with Crippen LogP contribution >= 0.6 is 12.4 Å². The van der Waals surface area contributed by atoms with Crippen molar-refractivity contribution in [2.45, 2.75) is 18.9 Å². The van der Waals surface area contributed by atoms with Crippen LogP contribution < -0.4 is 15.2 Å². The van der Waals surface area contributed by atoms with E-state index in [1.54, 1.807) is 0 Å². The Morgan fingerprint density at radius 2 is 2.06 bits per heavy atom. The van der Waals surface area contributed by atoms with Crippen molar-refractivity contribution in [2.24, 2.45) is 5.73 Å². The van der Waals surface area contributed by atoms with Gasteiger partial charge in [0.15, 0.2) is 11.5 Å². The van der Waals surface area contributed by atoms with Crippen LogP contribution in [-0.4, -0.2) is 24.9 Å². The normalized spacial score (nSPS) is 14.9. The summed E-state index contributed by atoms with van der Waals surface area (Å²) in [7, 11) is 0. The van der Waals surface area contributed by atoms with Gasteiger partial charge in [0.2, 0.25) is 0 Å². The SMILES string of the molecule is Cl.N[C@@H](CCCO)c1cccc2c1OCCO2. The van der Waals surface area contributed by atoms with Crippen molar-refractivity contribution in [2.75, 3.05) is 19.8 Å². The zero-order chi connectivity index (χ0) is 11.4. The molecule has 1 atom stereocenters. The summed E-state index contributed by atoms with van der Waals surface area (Å²) in [5.74, 6) is 1.53. The highest BCUT2D eigenvalue weighted by Gasteiger charge is 2.19. The van der Waals surface area contributed by atoms with Gasteiger partial charge < -0.3 is 20.3 Å². The third-order valence-corrected chi connectivity index (χ3v) is 2.67. The third-order valence-electron chi connectivity index (χ3n) is 2.67. The number of hydrogen-bond acceptors (Lipinski definition) is 4. The van der Waals surface area contributed by atoms with Crippen LogP contribution in [0.2, 0.25) is 0 Å². The average Bonchev–Trinajstić information content (AvgIpc) is 2.35. The van der Waals surface area contributed by atoms with Gasteiger partial charge in [-0.1, -0.05) is 12.1 Å². The lowest BCUT2D eigenvalue weighted by Gasteiger charge is -2.23. The predicted molar refractivity (Wildman–Crippen MR) is 67.9 cm³/mol. The minimum atomic E-state index is -0.108. The Morgan fingerprint density at radius 1 is 1.29 bits per heavy atom. The molecule has 0 saturated carbocycles. The van der Waals surface area contributed by atoms with Crippen LogP contribution in [0.25, 0.3) is 0 Å². The quantitative estimate of drug-likeness (QED) is 0.863. The van der Waals surface area contributed by atoms with E-state index < -0.39 is 0 Å². The first kappa shape index (κ1) is 14.1. The first-order valence-electron chi connectivity index (χ1n) is 5.58. The summed E-state index contributed by atoms with van der Waals surface area (Å²) in [6.07, 6.45) is 1.45. The lowest BCUT2D eigenvalue weighted by Crippen LogP contribution is -2.19. The molecule has 1 heterocycles. The highest BCUT2D eigenvalue weighted by molar-refractivity contribution is 5.85. The van der Waals surface area contributed by atoms with E-state index in [1.807, 2.05) is 18.2 Å². The van der Waals surface area contributed by atoms with Gasteiger partial charge in [0.05, 0.1) is 0 Å². The van der Waals surface area contributed by atoms with Gasteiger partial charge in [-0.2, -0.15) is 0 Å². The van der Waals surface area contributed by atoms with Crippen molar-refractivity contribution in [1.29, 1.82) is 0 Å². The van der Waals surface area contributed by atoms with E-state index in [4.69, 9.17) is 20.3 Å². The molecule has 0 bridgehead atoms. The Labute approximate surface area is 107 Å². The molecule has 96 valence electrons. The molecule has 0 aliphatic carbocycles. The predicted octanol–water partition coefficient (Wildman–Crippen LogP) is 1.65. The maximum Gasteiger partial charge on any atom is 0.166 e. The second-order valence-electron chi connectivity index (χ2n) is 3.84. The molecule has 2 rings (SSSR count). The van der Waals surface area contributed by atoms with Crippen LogP contribution in [0.1, 0.15) is 24.4 Å². The van der Waals surface area contributed by atoms with Crippen molar-refractivity contribution in [3.63, 3.8) is 0 Å². The first-order chi connectivity index (χ1) is 7.83. The topological polar surface area (TPSA) is 64.7 Å². The summed E-state index contributed by atoms with van der Waals surface area (Å²) in [6, 6.07) is 5.65. The molecule has 0 radical (unpaired) electrons. The van der Waals surface area contributed by atoms with E-state index in [-0.39, 0.29) is 25.1 Å². The van der Waals surface area contributed by atoms with E-state index in [1.165, 1.54) is 0 Å². The monoisotopic (exact) mass is 259 g/mol. The van der Waals surface area contributed by atoms with Crippen molar-refractivity contribution in [3.8, 4) is 11.5 Å². The van der Waals surface area contributed by atoms with E-state index in [2.05, 4.69) is 0 Å². The van der Waals surface area contributed by atoms with Gasteiger partial charge in [-0.15, -0.1) is 12.4 Å². The number of benzene rings is 1. The summed E-state index contributed by atoms with van der Waals surface area (Å²) in [5, 5.41) is 8.79. The molecule has 17 heavy (non-hydrogen) atoms. The van der Waals surface area contributed by atoms with Gasteiger partial charge in [-0.3, -0.25) is 0 Å². The average molecular weight is 260 g/mol. The summed E-state index contributed by atoms with van der Waals surface area (Å²) in [6.45, 7) is 1.32. The summed E-state index contributed by atoms with van der Waals surface area (Å²) < 4.78 is 11.1. The second kappa shape index (κ2) is 6.69. The zero-order valence-corrected chi connectivity index (χ0v) is 10.4. The van der Waals surface area contributed by atoms with Crippen LogP contribution in [0.3, 0.4) is 0 Å². The molecule has 1 aliphatic rings. The van der Waals surface area contributed by atoms with Gasteiger partial charge in [0.25, 0.3) is 0 Å². The zero-order valence-electron chi connectivity index (χ0n) is 9.59. The lowest BCUT2D eigenvalue weighted by molar-refractivity contribution is 0.169. The fourth-order valence-electron chi connectivity index (χ4n) is 1.85. The van der Waals surface area contributed by atoms with Gasteiger partial charge in [-0.25, -0.2) is 0 Å². The largest absolute Gasteiger partial charge is 0.486 e. The fourth-order valence-corrected chi connectivity index (χ4v) is 1.85. The van der Waals surface area contributed by atoms with E-state index in [0.29, 0.717) is 19.6 Å². The van der Waals surface area contributed by atoms with Crippen molar-refractivity contribution >= 4 is 12.4 Å². The lowest BCUT2D eigenvalue weighted by atomic mass is 10.0. The van der Waals surface area contributed by atoms with Crippen molar-refractivity contribution in [3.05, 3.63) is 23.8 Å². The fraction of sp³-hybridized carbons (Fsp3) is 0.500. The maximum atomic E-state index is 8.79. The smallest absolute Gasteiger partial charge is 0.166 e. The van der Waals surface area contributed by atoms with Crippen LogP contribution in [0.15, 0.2) is 18.2 Å². The molecule has 0 unspecified atom stereocenters. The molecule has 4 nitrogen and oxygen atoms in total. The van der Waals surface area contributed by atoms with Crippen molar-refractivity contribution < 1.29 is 14.6 Å². The number of fused-ring (bicyclic) bond motifs is 1. The maximum absolute atomic E-state index is 8.79. The van der Waals surface area contributed by atoms with Crippen LogP contribution in [0, 0.1) is 0 Å². The summed E-state index contributed by atoms with van der Waals surface area (Å²) in [4.78, 5) is 0. The molecular formula is C12H18ClNO3. The standard InChI is InChI=1S/C12H17NO3.ClH/c13-10(4-2-6-14)9-3-1-5-11-12(9)16-8-7-15-11;/h1,3,5,10,14H,2,4,6-8,13H2;1H/t10-;/m0./s1. The van der Waals surface area contributed by atoms with Crippen LogP contribution in [0.4, 0.5) is 0 Å². The molecule has 0 saturated heterocycles. The number of ether oxygens (including phenoxy) is 2. The molecule has 0 spiro atoms. The number of nitrogens with two attached hydrogens (primary N) is 1. The van der Waals surface area contributed by atoms with E-state index in [0.717, 1.165) is 23.5 Å². The molecule has 5 heteroatoms. The summed E-state index contributed by atoms with van der Waals surface area (Å²) >= 11 is 0. The number of aliphatic hydroxyl groups excluding tert-OH is 1. The molecule has 0 fully saturated rings. The van der Waals surface area contributed by atoms with Gasteiger partial charge in [-0.05, 0) is 18.9 Å². The number of hydrogen-bond donors (Lipinski definition) is 2. The van der Waals surface area contributed by atoms with Gasteiger partial charge >= 0.3 is 0 Å². The third kappa shape index (κ3) is 3.25. The highest BCUT2D eigenvalue weighted by atomic mass is 35.5. The number of rotatable bonds is 4. The Hall–Kier alpha value is -0.970. The Kier molecular flexibility index (Phi) is 5.55. The Balaban J connectivity index is 0.00000144. The van der Waals surface area contributed by atoms with E-state index in [9.17, 15) is 0 Å². The number of aliphatic hydroxyl groups is 1. The molecule has 3 N–H and O–H groups in total. The van der Waals surface area contributed by atoms with Gasteiger partial charge in [0, 0.05) is 18.2 Å². The molecule has 0 amide bonds. The number of para-hydroxylation sites is 1. The molecule has 1 aromatic rings. The van der Waals surface area contributed by atoms with E-state index >= 15 is 0 Å². The van der Waals surface area contributed by atoms with Crippen molar-refractivity contribution in [1.82, 2.24) is 0 Å². The minimum absolute atomic E-state index is 0. The molecule has 0 aromatic heterocycles. The minimum Gasteiger partial charge on any atom is -0.486 e. The Bertz CT molecular complexity index is 360.